The minimum atomic E-state index is -0.729. The average Bonchev–Trinajstić information content (AvgIpc) is 2.97. The molecule has 1 unspecified atom stereocenters. The number of aliphatic carboxylic acids is 1. The molecular formula is C20H19F2NO3. The van der Waals surface area contributed by atoms with E-state index in [0.29, 0.717) is 18.8 Å². The fraction of sp³-hybridized carbons (Fsp3) is 0.350. The summed E-state index contributed by atoms with van der Waals surface area (Å²) in [6.07, 6.45) is 1.86. The largest absolute Gasteiger partial charge is 0.489 e. The summed E-state index contributed by atoms with van der Waals surface area (Å²) >= 11 is 0. The second-order valence-electron chi connectivity index (χ2n) is 6.93. The highest BCUT2D eigenvalue weighted by Gasteiger charge is 2.39. The molecule has 0 spiro atoms. The van der Waals surface area contributed by atoms with E-state index in [-0.39, 0.29) is 24.1 Å². The Labute approximate surface area is 150 Å². The number of rotatable bonds is 5. The highest BCUT2D eigenvalue weighted by molar-refractivity contribution is 5.71. The van der Waals surface area contributed by atoms with Gasteiger partial charge < -0.3 is 9.84 Å². The van der Waals surface area contributed by atoms with Crippen molar-refractivity contribution in [3.8, 4) is 5.75 Å². The van der Waals surface area contributed by atoms with Gasteiger partial charge in [-0.2, -0.15) is 0 Å². The van der Waals surface area contributed by atoms with Crippen molar-refractivity contribution in [1.82, 2.24) is 4.90 Å². The number of nitrogens with zero attached hydrogens (tertiary/aromatic N) is 1. The zero-order chi connectivity index (χ0) is 18.3. The molecule has 2 aliphatic rings. The molecule has 0 radical (unpaired) electrons. The molecule has 1 saturated heterocycles. The summed E-state index contributed by atoms with van der Waals surface area (Å²) < 4.78 is 32.5. The first-order valence-corrected chi connectivity index (χ1v) is 8.67. The first-order valence-electron chi connectivity index (χ1n) is 8.67. The number of hydrogen-bond donors (Lipinski definition) is 1. The quantitative estimate of drug-likeness (QED) is 0.887. The fourth-order valence-corrected chi connectivity index (χ4v) is 3.78. The molecule has 1 heterocycles. The lowest BCUT2D eigenvalue weighted by atomic mass is 9.95. The van der Waals surface area contributed by atoms with E-state index in [4.69, 9.17) is 9.84 Å². The molecule has 4 rings (SSSR count). The third kappa shape index (κ3) is 3.17. The molecule has 4 nitrogen and oxygen atoms in total. The van der Waals surface area contributed by atoms with Crippen molar-refractivity contribution in [3.63, 3.8) is 0 Å². The topological polar surface area (TPSA) is 49.8 Å². The highest BCUT2D eigenvalue weighted by atomic mass is 19.1. The Morgan fingerprint density at radius 2 is 2.00 bits per heavy atom. The normalized spacial score (nSPS) is 19.8. The number of likely N-dealkylation sites (tertiary alicyclic amines) is 1. The van der Waals surface area contributed by atoms with E-state index in [1.807, 2.05) is 18.2 Å². The fourth-order valence-electron chi connectivity index (χ4n) is 3.78. The van der Waals surface area contributed by atoms with Gasteiger partial charge in [0.2, 0.25) is 0 Å². The lowest BCUT2D eigenvalue weighted by molar-refractivity contribution is -0.148. The molecule has 1 fully saturated rings. The molecule has 0 saturated carbocycles. The number of benzene rings is 2. The monoisotopic (exact) mass is 359 g/mol. The lowest BCUT2D eigenvalue weighted by Gasteiger charge is -2.41. The Morgan fingerprint density at radius 1 is 1.19 bits per heavy atom. The van der Waals surface area contributed by atoms with E-state index in [1.54, 1.807) is 0 Å². The molecule has 1 aliphatic carbocycles. The minimum Gasteiger partial charge on any atom is -0.489 e. The van der Waals surface area contributed by atoms with Crippen molar-refractivity contribution in [3.05, 3.63) is 64.7 Å². The van der Waals surface area contributed by atoms with E-state index in [0.717, 1.165) is 31.0 Å². The van der Waals surface area contributed by atoms with Gasteiger partial charge in [0.1, 0.15) is 24.0 Å². The Hall–Kier alpha value is -2.47. The number of fused-ring (bicyclic) bond motifs is 1. The molecule has 2 aromatic carbocycles. The van der Waals surface area contributed by atoms with Crippen LogP contribution in [0.25, 0.3) is 0 Å². The van der Waals surface area contributed by atoms with Crippen LogP contribution in [-0.2, 0) is 17.8 Å². The first kappa shape index (κ1) is 17.0. The van der Waals surface area contributed by atoms with Crippen LogP contribution in [0.15, 0.2) is 36.4 Å². The van der Waals surface area contributed by atoms with Gasteiger partial charge in [-0.1, -0.05) is 6.07 Å². The summed E-state index contributed by atoms with van der Waals surface area (Å²) in [5, 5.41) is 9.02. The maximum absolute atomic E-state index is 13.7. The second kappa shape index (κ2) is 6.68. The third-order valence-electron chi connectivity index (χ3n) is 5.26. The molecule has 136 valence electrons. The number of carbonyl (C=O) groups is 1. The van der Waals surface area contributed by atoms with Crippen LogP contribution < -0.4 is 4.74 Å². The van der Waals surface area contributed by atoms with Crippen LogP contribution in [0.2, 0.25) is 0 Å². The number of aryl methyl sites for hydroxylation is 1. The van der Waals surface area contributed by atoms with Gasteiger partial charge in [0.25, 0.3) is 0 Å². The molecule has 26 heavy (non-hydrogen) atoms. The molecule has 1 atom stereocenters. The van der Waals surface area contributed by atoms with Crippen LogP contribution >= 0.6 is 0 Å². The number of hydrogen-bond acceptors (Lipinski definition) is 3. The summed E-state index contributed by atoms with van der Waals surface area (Å²) in [6.45, 7) is 1.16. The maximum Gasteiger partial charge on any atom is 0.309 e. The molecular weight excluding hydrogens is 340 g/mol. The van der Waals surface area contributed by atoms with E-state index in [9.17, 15) is 13.6 Å². The molecule has 0 aromatic heterocycles. The molecule has 0 amide bonds. The van der Waals surface area contributed by atoms with E-state index in [2.05, 4.69) is 4.90 Å². The predicted molar refractivity (Wildman–Crippen MR) is 90.9 cm³/mol. The Morgan fingerprint density at radius 3 is 2.77 bits per heavy atom. The van der Waals surface area contributed by atoms with Gasteiger partial charge in [0.05, 0.1) is 5.92 Å². The Kier molecular flexibility index (Phi) is 4.36. The smallest absolute Gasteiger partial charge is 0.309 e. The summed E-state index contributed by atoms with van der Waals surface area (Å²) in [4.78, 5) is 13.2. The maximum atomic E-state index is 13.7. The molecule has 6 heteroatoms. The summed E-state index contributed by atoms with van der Waals surface area (Å²) in [5.41, 5.74) is 2.56. The Balaban J connectivity index is 1.42. The van der Waals surface area contributed by atoms with Crippen molar-refractivity contribution in [1.29, 1.82) is 0 Å². The van der Waals surface area contributed by atoms with Crippen LogP contribution in [-0.4, -0.2) is 29.1 Å². The van der Waals surface area contributed by atoms with Crippen molar-refractivity contribution in [2.24, 2.45) is 5.92 Å². The Bertz CT molecular complexity index is 849. The number of ether oxygens (including phenoxy) is 1. The predicted octanol–water partition coefficient (Wildman–Crippen LogP) is 3.55. The first-order chi connectivity index (χ1) is 12.5. The van der Waals surface area contributed by atoms with E-state index < -0.39 is 17.6 Å². The van der Waals surface area contributed by atoms with Gasteiger partial charge in [0.15, 0.2) is 0 Å². The van der Waals surface area contributed by atoms with Crippen molar-refractivity contribution >= 4 is 5.97 Å². The minimum absolute atomic E-state index is 0.0295. The van der Waals surface area contributed by atoms with Crippen LogP contribution in [0.4, 0.5) is 8.78 Å². The molecule has 2 aromatic rings. The zero-order valence-corrected chi connectivity index (χ0v) is 14.1. The van der Waals surface area contributed by atoms with Crippen LogP contribution in [0.1, 0.15) is 29.2 Å². The van der Waals surface area contributed by atoms with E-state index >= 15 is 0 Å². The van der Waals surface area contributed by atoms with Crippen LogP contribution in [0.5, 0.6) is 5.75 Å². The summed E-state index contributed by atoms with van der Waals surface area (Å²) in [5.74, 6) is -1.34. The molecule has 0 bridgehead atoms. The zero-order valence-electron chi connectivity index (χ0n) is 14.1. The SMILES string of the molecule is O=C(O)C1CN(C2CCc3cc(OCc4cc(F)ccc4F)ccc32)C1. The highest BCUT2D eigenvalue weighted by Crippen LogP contribution is 2.40. The van der Waals surface area contributed by atoms with Gasteiger partial charge >= 0.3 is 5.97 Å². The van der Waals surface area contributed by atoms with Gasteiger partial charge in [-0.3, -0.25) is 9.69 Å². The van der Waals surface area contributed by atoms with E-state index in [1.165, 1.54) is 11.1 Å². The van der Waals surface area contributed by atoms with Gasteiger partial charge in [-0.25, -0.2) is 8.78 Å². The second-order valence-corrected chi connectivity index (χ2v) is 6.93. The number of halogens is 2. The average molecular weight is 359 g/mol. The van der Waals surface area contributed by atoms with Gasteiger partial charge in [0, 0.05) is 24.7 Å². The van der Waals surface area contributed by atoms with Gasteiger partial charge in [-0.05, 0) is 54.3 Å². The van der Waals surface area contributed by atoms with Crippen molar-refractivity contribution in [2.45, 2.75) is 25.5 Å². The number of carboxylic acid groups (broad SMARTS) is 1. The summed E-state index contributed by atoms with van der Waals surface area (Å²) in [6, 6.07) is 9.36. The number of carboxylic acids is 1. The van der Waals surface area contributed by atoms with Crippen LogP contribution in [0.3, 0.4) is 0 Å². The van der Waals surface area contributed by atoms with Gasteiger partial charge in [-0.15, -0.1) is 0 Å². The lowest BCUT2D eigenvalue weighted by Crippen LogP contribution is -2.51. The van der Waals surface area contributed by atoms with Crippen molar-refractivity contribution in [2.75, 3.05) is 13.1 Å². The molecule has 1 aliphatic heterocycles. The third-order valence-corrected chi connectivity index (χ3v) is 5.26. The summed E-state index contributed by atoms with van der Waals surface area (Å²) in [7, 11) is 0. The van der Waals surface area contributed by atoms with Crippen molar-refractivity contribution < 1.29 is 23.4 Å². The standard InChI is InChI=1S/C20H19F2NO3/c21-15-2-5-18(22)13(7-15)11-26-16-3-4-17-12(8-16)1-6-19(17)23-9-14(10-23)20(24)25/h2-5,7-8,14,19H,1,6,9-11H2,(H,24,25). The molecule has 1 N–H and O–H groups in total. The van der Waals surface area contributed by atoms with Crippen LogP contribution in [0, 0.1) is 17.6 Å².